The Morgan fingerprint density at radius 1 is 1.03 bits per heavy atom. The predicted molar refractivity (Wildman–Crippen MR) is 126 cm³/mol. The van der Waals surface area contributed by atoms with E-state index in [0.29, 0.717) is 23.3 Å². The minimum absolute atomic E-state index is 0.00103. The third-order valence-corrected chi connectivity index (χ3v) is 5.62. The van der Waals surface area contributed by atoms with Gasteiger partial charge in [-0.1, -0.05) is 24.3 Å². The van der Waals surface area contributed by atoms with Crippen LogP contribution in [0.2, 0.25) is 0 Å². The Balaban J connectivity index is 1.73. The number of aliphatic hydroxyl groups excluding tert-OH is 1. The lowest BCUT2D eigenvalue weighted by atomic mass is 9.95. The van der Waals surface area contributed by atoms with Crippen LogP contribution in [0.15, 0.2) is 78.6 Å². The van der Waals surface area contributed by atoms with Crippen molar-refractivity contribution >= 4 is 17.4 Å². The number of ether oxygens (including phenoxy) is 1. The summed E-state index contributed by atoms with van der Waals surface area (Å²) in [6.07, 6.45) is 3.44. The summed E-state index contributed by atoms with van der Waals surface area (Å²) >= 11 is 0. The second-order valence-corrected chi connectivity index (χ2v) is 8.34. The number of hydrogen-bond donors (Lipinski definition) is 1. The second kappa shape index (κ2) is 9.87. The first-order chi connectivity index (χ1) is 16.3. The van der Waals surface area contributed by atoms with Gasteiger partial charge in [-0.3, -0.25) is 14.6 Å². The van der Waals surface area contributed by atoms with Gasteiger partial charge in [0.25, 0.3) is 11.7 Å². The monoisotopic (exact) mass is 460 g/mol. The fourth-order valence-corrected chi connectivity index (χ4v) is 4.02. The molecule has 6 nitrogen and oxygen atoms in total. The maximum absolute atomic E-state index is 13.3. The molecule has 0 saturated carbocycles. The average molecular weight is 461 g/mol. The van der Waals surface area contributed by atoms with Crippen LogP contribution in [0, 0.1) is 5.82 Å². The van der Waals surface area contributed by atoms with Crippen molar-refractivity contribution in [2.45, 2.75) is 32.4 Å². The summed E-state index contributed by atoms with van der Waals surface area (Å²) < 4.78 is 19.0. The molecule has 174 valence electrons. The Hall–Kier alpha value is -4.00. The van der Waals surface area contributed by atoms with Crippen LogP contribution in [0.25, 0.3) is 5.76 Å². The molecule has 1 amide bonds. The number of aliphatic hydroxyl groups is 1. The zero-order chi connectivity index (χ0) is 24.2. The zero-order valence-corrected chi connectivity index (χ0v) is 18.9. The van der Waals surface area contributed by atoms with Gasteiger partial charge in [-0.25, -0.2) is 4.39 Å². The van der Waals surface area contributed by atoms with Crippen molar-refractivity contribution in [3.8, 4) is 5.75 Å². The summed E-state index contributed by atoms with van der Waals surface area (Å²) in [7, 11) is 0. The number of carbonyl (C=O) groups excluding carboxylic acids is 2. The van der Waals surface area contributed by atoms with Crippen molar-refractivity contribution in [1.82, 2.24) is 9.88 Å². The Morgan fingerprint density at radius 2 is 1.68 bits per heavy atom. The van der Waals surface area contributed by atoms with Crippen LogP contribution in [0.4, 0.5) is 4.39 Å². The van der Waals surface area contributed by atoms with Crippen LogP contribution in [-0.4, -0.2) is 39.3 Å². The van der Waals surface area contributed by atoms with Gasteiger partial charge >= 0.3 is 0 Å². The lowest BCUT2D eigenvalue weighted by Gasteiger charge is -2.25. The van der Waals surface area contributed by atoms with Gasteiger partial charge in [0.2, 0.25) is 0 Å². The van der Waals surface area contributed by atoms with Crippen molar-refractivity contribution in [2.24, 2.45) is 0 Å². The van der Waals surface area contributed by atoms with Gasteiger partial charge in [-0.2, -0.15) is 0 Å². The molecule has 4 rings (SSSR count). The topological polar surface area (TPSA) is 79.7 Å². The summed E-state index contributed by atoms with van der Waals surface area (Å²) in [5, 5.41) is 11.0. The van der Waals surface area contributed by atoms with Crippen molar-refractivity contribution in [3.63, 3.8) is 0 Å². The van der Waals surface area contributed by atoms with Gasteiger partial charge in [0.15, 0.2) is 0 Å². The number of likely N-dealkylation sites (tertiary alicyclic amines) is 1. The van der Waals surface area contributed by atoms with Crippen LogP contribution in [-0.2, 0) is 16.0 Å². The maximum atomic E-state index is 13.3. The quantitative estimate of drug-likeness (QED) is 0.315. The number of amides is 1. The van der Waals surface area contributed by atoms with Crippen LogP contribution in [0.3, 0.4) is 0 Å². The van der Waals surface area contributed by atoms with Gasteiger partial charge < -0.3 is 14.7 Å². The van der Waals surface area contributed by atoms with E-state index >= 15 is 0 Å². The standard InChI is InChI=1S/C27H25FN2O4/c1-17(2)34-22-9-5-19(6-10-22)24-23(25(31)20-11-14-29-15-12-20)26(32)27(33)30(24)16-13-18-3-7-21(28)8-4-18/h3-12,14-15,17,24,31H,13,16H2,1-2H3/b25-23-. The van der Waals surface area contributed by atoms with Gasteiger partial charge in [0, 0.05) is 24.5 Å². The molecule has 1 fully saturated rings. The van der Waals surface area contributed by atoms with E-state index in [2.05, 4.69) is 4.98 Å². The molecule has 1 saturated heterocycles. The van der Waals surface area contributed by atoms with E-state index in [1.807, 2.05) is 13.8 Å². The fraction of sp³-hybridized carbons (Fsp3) is 0.222. The van der Waals surface area contributed by atoms with E-state index in [1.54, 1.807) is 48.5 Å². The minimum Gasteiger partial charge on any atom is -0.507 e. The molecule has 34 heavy (non-hydrogen) atoms. The number of hydrogen-bond acceptors (Lipinski definition) is 5. The highest BCUT2D eigenvalue weighted by Crippen LogP contribution is 2.39. The number of Topliss-reactive ketones (excluding diaryl/α,β-unsaturated/α-hetero) is 1. The molecular weight excluding hydrogens is 435 g/mol. The first-order valence-corrected chi connectivity index (χ1v) is 11.0. The summed E-state index contributed by atoms with van der Waals surface area (Å²) in [5.74, 6) is -1.37. The average Bonchev–Trinajstić information content (AvgIpc) is 3.09. The normalized spacial score (nSPS) is 17.4. The Bertz CT molecular complexity index is 1210. The van der Waals surface area contributed by atoms with Crippen LogP contribution >= 0.6 is 0 Å². The Kier molecular flexibility index (Phi) is 6.72. The molecule has 1 N–H and O–H groups in total. The summed E-state index contributed by atoms with van der Waals surface area (Å²) in [6.45, 7) is 4.07. The SMILES string of the molecule is CC(C)Oc1ccc(C2/C(=C(/O)c3ccncc3)C(=O)C(=O)N2CCc2ccc(F)cc2)cc1. The molecule has 2 heterocycles. The number of pyridine rings is 1. The molecule has 0 bridgehead atoms. The molecule has 0 aliphatic carbocycles. The number of nitrogens with zero attached hydrogens (tertiary/aromatic N) is 2. The van der Waals surface area contributed by atoms with Crippen molar-refractivity contribution < 1.29 is 23.8 Å². The highest BCUT2D eigenvalue weighted by Gasteiger charge is 2.45. The molecule has 2 aromatic carbocycles. The molecule has 1 aromatic heterocycles. The van der Waals surface area contributed by atoms with E-state index in [9.17, 15) is 19.1 Å². The van der Waals surface area contributed by atoms with Crippen LogP contribution < -0.4 is 4.74 Å². The lowest BCUT2D eigenvalue weighted by molar-refractivity contribution is -0.139. The van der Waals surface area contributed by atoms with E-state index in [4.69, 9.17) is 4.74 Å². The largest absolute Gasteiger partial charge is 0.507 e. The fourth-order valence-electron chi connectivity index (χ4n) is 4.02. The second-order valence-electron chi connectivity index (χ2n) is 8.34. The molecule has 7 heteroatoms. The van der Waals surface area contributed by atoms with Gasteiger partial charge in [-0.05, 0) is 67.8 Å². The lowest BCUT2D eigenvalue weighted by Crippen LogP contribution is -2.31. The number of carbonyl (C=O) groups is 2. The molecule has 0 spiro atoms. The highest BCUT2D eigenvalue weighted by molar-refractivity contribution is 6.46. The summed E-state index contributed by atoms with van der Waals surface area (Å²) in [4.78, 5) is 31.5. The Labute approximate surface area is 197 Å². The molecule has 1 atom stereocenters. The number of benzene rings is 2. The number of halogens is 1. The van der Waals surface area contributed by atoms with Gasteiger partial charge in [0.1, 0.15) is 17.3 Å². The summed E-state index contributed by atoms with van der Waals surface area (Å²) in [6, 6.07) is 15.5. The van der Waals surface area contributed by atoms with E-state index in [-0.39, 0.29) is 29.8 Å². The third kappa shape index (κ3) is 4.83. The van der Waals surface area contributed by atoms with E-state index < -0.39 is 17.7 Å². The van der Waals surface area contributed by atoms with Crippen LogP contribution in [0.1, 0.15) is 36.6 Å². The van der Waals surface area contributed by atoms with E-state index in [1.165, 1.54) is 29.4 Å². The molecule has 0 radical (unpaired) electrons. The smallest absolute Gasteiger partial charge is 0.295 e. The van der Waals surface area contributed by atoms with Gasteiger partial charge in [-0.15, -0.1) is 0 Å². The minimum atomic E-state index is -0.776. The van der Waals surface area contributed by atoms with Crippen molar-refractivity contribution in [3.05, 3.63) is 101 Å². The predicted octanol–water partition coefficient (Wildman–Crippen LogP) is 4.67. The molecule has 1 aliphatic rings. The maximum Gasteiger partial charge on any atom is 0.295 e. The first-order valence-electron chi connectivity index (χ1n) is 11.0. The molecule has 3 aromatic rings. The zero-order valence-electron chi connectivity index (χ0n) is 18.9. The molecular formula is C27H25FN2O4. The number of ketones is 1. The number of aromatic nitrogens is 1. The van der Waals surface area contributed by atoms with Crippen molar-refractivity contribution in [1.29, 1.82) is 0 Å². The highest BCUT2D eigenvalue weighted by atomic mass is 19.1. The van der Waals surface area contributed by atoms with Crippen LogP contribution in [0.5, 0.6) is 5.75 Å². The first kappa shape index (κ1) is 23.2. The summed E-state index contributed by atoms with van der Waals surface area (Å²) in [5.41, 5.74) is 1.92. The van der Waals surface area contributed by atoms with Gasteiger partial charge in [0.05, 0.1) is 17.7 Å². The van der Waals surface area contributed by atoms with E-state index in [0.717, 1.165) is 5.56 Å². The molecule has 1 unspecified atom stereocenters. The molecule has 1 aliphatic heterocycles. The Morgan fingerprint density at radius 3 is 2.29 bits per heavy atom. The van der Waals surface area contributed by atoms with Crippen molar-refractivity contribution in [2.75, 3.05) is 6.54 Å². The number of rotatable bonds is 7. The third-order valence-electron chi connectivity index (χ3n) is 5.62.